The van der Waals surface area contributed by atoms with E-state index in [1.807, 2.05) is 13.8 Å². The Kier molecular flexibility index (Phi) is 10.2. The molecule has 0 saturated carbocycles. The number of nitrogens with zero attached hydrogens (tertiary/aromatic N) is 2. The second kappa shape index (κ2) is 14.0. The molecule has 11 heteroatoms. The molecule has 0 fully saturated rings. The normalized spacial score (nSPS) is 14.4. The van der Waals surface area contributed by atoms with Crippen LogP contribution in [0, 0.1) is 0 Å². The largest absolute Gasteiger partial charge is 0.490 e. The van der Waals surface area contributed by atoms with Crippen molar-refractivity contribution in [3.05, 3.63) is 91.1 Å². The van der Waals surface area contributed by atoms with Gasteiger partial charge in [0.1, 0.15) is 6.61 Å². The molecule has 0 aliphatic carbocycles. The van der Waals surface area contributed by atoms with E-state index in [0.29, 0.717) is 56.6 Å². The van der Waals surface area contributed by atoms with E-state index in [0.717, 1.165) is 0 Å². The summed E-state index contributed by atoms with van der Waals surface area (Å²) < 4.78 is 29.8. The molecule has 3 aromatic rings. The van der Waals surface area contributed by atoms with Gasteiger partial charge in [0, 0.05) is 6.92 Å². The highest BCUT2D eigenvalue weighted by molar-refractivity contribution is 7.07. The highest BCUT2D eigenvalue weighted by Gasteiger charge is 2.34. The number of benzene rings is 2. The molecule has 0 saturated heterocycles. The van der Waals surface area contributed by atoms with E-state index in [2.05, 4.69) is 11.6 Å². The minimum Gasteiger partial charge on any atom is -0.490 e. The summed E-state index contributed by atoms with van der Waals surface area (Å²) in [6.45, 7) is 13.3. The topological polar surface area (TPSA) is 115 Å². The first-order valence-electron chi connectivity index (χ1n) is 13.9. The van der Waals surface area contributed by atoms with E-state index in [1.54, 1.807) is 62.4 Å². The number of ether oxygens (including phenoxy) is 5. The third-order valence-electron chi connectivity index (χ3n) is 6.28. The molecule has 1 aromatic heterocycles. The van der Waals surface area contributed by atoms with E-state index in [9.17, 15) is 14.4 Å². The smallest absolute Gasteiger partial charge is 0.338 e. The maximum Gasteiger partial charge on any atom is 0.338 e. The highest BCUT2D eigenvalue weighted by Crippen LogP contribution is 2.36. The third-order valence-corrected chi connectivity index (χ3v) is 7.26. The van der Waals surface area contributed by atoms with Gasteiger partial charge in [-0.3, -0.25) is 14.2 Å². The quantitative estimate of drug-likeness (QED) is 0.172. The van der Waals surface area contributed by atoms with Crippen molar-refractivity contribution in [3.8, 4) is 23.0 Å². The molecule has 0 unspecified atom stereocenters. The first-order chi connectivity index (χ1) is 20.7. The van der Waals surface area contributed by atoms with Gasteiger partial charge in [0.05, 0.1) is 41.7 Å². The lowest BCUT2D eigenvalue weighted by molar-refractivity contribution is -0.139. The van der Waals surface area contributed by atoms with Crippen LogP contribution in [0.4, 0.5) is 0 Å². The third kappa shape index (κ3) is 6.89. The first-order valence-corrected chi connectivity index (χ1v) is 14.7. The zero-order valence-electron chi connectivity index (χ0n) is 24.8. The van der Waals surface area contributed by atoms with Crippen LogP contribution in [0.25, 0.3) is 6.08 Å². The van der Waals surface area contributed by atoms with Gasteiger partial charge in [-0.05, 0) is 69.2 Å². The molecule has 10 nitrogen and oxygen atoms in total. The summed E-state index contributed by atoms with van der Waals surface area (Å²) in [5.41, 5.74) is 1.65. The maximum atomic E-state index is 14.0. The van der Waals surface area contributed by atoms with Crippen molar-refractivity contribution in [1.82, 2.24) is 4.57 Å². The minimum absolute atomic E-state index is 0.163. The SMILES string of the molecule is C=CCOc1ccc([C@H]2C(C(=O)OCC)=C(C)N=c3sc(=Cc4ccc(OC(C)=O)c(OCC)c4)c(=O)n32)cc1OCC. The predicted molar refractivity (Wildman–Crippen MR) is 163 cm³/mol. The standard InChI is InChI=1S/C32H34N2O8S/c1-7-15-41-23-14-12-22(18-26(23)39-9-3)29-28(31(37)40-10-4)19(5)33-32-34(29)30(36)27(43-32)17-21-11-13-24(42-20(6)35)25(16-21)38-8-2/h7,11-14,16-18,29H,1,8-10,15H2,2-6H3/t29-/m0/s1. The maximum absolute atomic E-state index is 14.0. The molecule has 1 atom stereocenters. The Hall–Kier alpha value is -4.64. The van der Waals surface area contributed by atoms with Crippen LogP contribution in [-0.2, 0) is 14.3 Å². The predicted octanol–water partition coefficient (Wildman–Crippen LogP) is 4.09. The number of esters is 2. The van der Waals surface area contributed by atoms with Gasteiger partial charge in [-0.25, -0.2) is 9.79 Å². The van der Waals surface area contributed by atoms with Gasteiger partial charge < -0.3 is 23.7 Å². The molecular formula is C32H34N2O8S. The fourth-order valence-corrected chi connectivity index (χ4v) is 5.66. The number of hydrogen-bond acceptors (Lipinski definition) is 10. The second-order valence-corrected chi connectivity index (χ2v) is 10.3. The van der Waals surface area contributed by atoms with Gasteiger partial charge in [-0.2, -0.15) is 0 Å². The summed E-state index contributed by atoms with van der Waals surface area (Å²) in [6.07, 6.45) is 3.34. The van der Waals surface area contributed by atoms with Crippen LogP contribution in [0.5, 0.6) is 23.0 Å². The van der Waals surface area contributed by atoms with Crippen molar-refractivity contribution in [1.29, 1.82) is 0 Å². The van der Waals surface area contributed by atoms with Gasteiger partial charge in [-0.1, -0.05) is 36.1 Å². The average Bonchev–Trinajstić information content (AvgIpc) is 3.27. The fourth-order valence-electron chi connectivity index (χ4n) is 4.61. The lowest BCUT2D eigenvalue weighted by Crippen LogP contribution is -2.40. The molecule has 226 valence electrons. The minimum atomic E-state index is -0.824. The molecule has 2 aromatic carbocycles. The molecule has 0 bridgehead atoms. The van der Waals surface area contributed by atoms with Crippen molar-refractivity contribution in [3.63, 3.8) is 0 Å². The van der Waals surface area contributed by atoms with Gasteiger partial charge >= 0.3 is 11.9 Å². The van der Waals surface area contributed by atoms with Crippen LogP contribution in [-0.4, -0.2) is 42.9 Å². The number of carbonyl (C=O) groups excluding carboxylic acids is 2. The van der Waals surface area contributed by atoms with Crippen LogP contribution in [0.15, 0.2) is 70.1 Å². The van der Waals surface area contributed by atoms with E-state index in [1.165, 1.54) is 22.8 Å². The van der Waals surface area contributed by atoms with Crippen LogP contribution < -0.4 is 33.8 Å². The Morgan fingerprint density at radius 1 is 0.977 bits per heavy atom. The van der Waals surface area contributed by atoms with Crippen molar-refractivity contribution in [2.24, 2.45) is 4.99 Å². The molecule has 1 aliphatic rings. The first kappa shape index (κ1) is 31.3. The molecule has 0 amide bonds. The highest BCUT2D eigenvalue weighted by atomic mass is 32.1. The van der Waals surface area contributed by atoms with Gasteiger partial charge in [0.15, 0.2) is 27.8 Å². The van der Waals surface area contributed by atoms with Gasteiger partial charge in [0.2, 0.25) is 0 Å². The summed E-state index contributed by atoms with van der Waals surface area (Å²) in [4.78, 5) is 43.9. The second-order valence-electron chi connectivity index (χ2n) is 9.27. The van der Waals surface area contributed by atoms with Crippen LogP contribution in [0.3, 0.4) is 0 Å². The number of rotatable bonds is 12. The summed E-state index contributed by atoms with van der Waals surface area (Å²) in [7, 11) is 0. The summed E-state index contributed by atoms with van der Waals surface area (Å²) in [5, 5.41) is 0. The van der Waals surface area contributed by atoms with Crippen molar-refractivity contribution in [2.45, 2.75) is 40.7 Å². The zero-order chi connectivity index (χ0) is 31.1. The Labute approximate surface area is 253 Å². The number of thiazole rings is 1. The summed E-state index contributed by atoms with van der Waals surface area (Å²) >= 11 is 1.20. The van der Waals surface area contributed by atoms with E-state index in [-0.39, 0.29) is 30.1 Å². The zero-order valence-corrected chi connectivity index (χ0v) is 25.6. The summed E-state index contributed by atoms with van der Waals surface area (Å²) in [6, 6.07) is 9.53. The van der Waals surface area contributed by atoms with Crippen LogP contribution >= 0.6 is 11.3 Å². The van der Waals surface area contributed by atoms with Gasteiger partial charge in [0.25, 0.3) is 5.56 Å². The van der Waals surface area contributed by atoms with E-state index < -0.39 is 18.0 Å². The van der Waals surface area contributed by atoms with E-state index >= 15 is 0 Å². The van der Waals surface area contributed by atoms with E-state index in [4.69, 9.17) is 23.7 Å². The average molecular weight is 607 g/mol. The van der Waals surface area contributed by atoms with Crippen molar-refractivity contribution < 1.29 is 33.3 Å². The number of hydrogen-bond donors (Lipinski definition) is 0. The Morgan fingerprint density at radius 2 is 1.67 bits per heavy atom. The van der Waals surface area contributed by atoms with Gasteiger partial charge in [-0.15, -0.1) is 0 Å². The monoisotopic (exact) mass is 606 g/mol. The number of carbonyl (C=O) groups is 2. The molecule has 2 heterocycles. The number of allylic oxidation sites excluding steroid dienone is 1. The molecule has 4 rings (SSSR count). The Balaban J connectivity index is 1.90. The lowest BCUT2D eigenvalue weighted by atomic mass is 9.95. The molecule has 0 N–H and O–H groups in total. The lowest BCUT2D eigenvalue weighted by Gasteiger charge is -2.25. The number of fused-ring (bicyclic) bond motifs is 1. The fraction of sp³-hybridized carbons (Fsp3) is 0.312. The Morgan fingerprint density at radius 3 is 2.33 bits per heavy atom. The molecule has 1 aliphatic heterocycles. The summed E-state index contributed by atoms with van der Waals surface area (Å²) in [5.74, 6) is 0.614. The molecule has 0 spiro atoms. The number of aromatic nitrogens is 1. The van der Waals surface area contributed by atoms with Crippen LogP contribution in [0.1, 0.15) is 51.8 Å². The molecule has 0 radical (unpaired) electrons. The van der Waals surface area contributed by atoms with Crippen molar-refractivity contribution >= 4 is 29.4 Å². The molecule has 43 heavy (non-hydrogen) atoms. The van der Waals surface area contributed by atoms with Crippen molar-refractivity contribution in [2.75, 3.05) is 26.4 Å². The Bertz CT molecular complexity index is 1750. The van der Waals surface area contributed by atoms with Crippen LogP contribution in [0.2, 0.25) is 0 Å². The molecular weight excluding hydrogens is 572 g/mol.